The molecular formula is C21H22N2O4. The van der Waals surface area contributed by atoms with E-state index in [1.54, 1.807) is 42.5 Å². The summed E-state index contributed by atoms with van der Waals surface area (Å²) < 4.78 is 11.0. The Balaban J connectivity index is 1.97. The molecule has 0 aliphatic carbocycles. The average Bonchev–Trinajstić information content (AvgIpc) is 2.68. The van der Waals surface area contributed by atoms with E-state index in [0.717, 1.165) is 0 Å². The van der Waals surface area contributed by atoms with E-state index in [1.807, 2.05) is 13.8 Å². The van der Waals surface area contributed by atoms with Gasteiger partial charge in [-0.15, -0.1) is 6.42 Å². The first-order valence-electron chi connectivity index (χ1n) is 8.61. The lowest BCUT2D eigenvalue weighted by Gasteiger charge is -2.12. The van der Waals surface area contributed by atoms with Gasteiger partial charge in [-0.25, -0.2) is 0 Å². The molecule has 0 heterocycles. The van der Waals surface area contributed by atoms with Crippen molar-refractivity contribution in [3.8, 4) is 23.8 Å². The number of terminal acetylenes is 1. The van der Waals surface area contributed by atoms with Crippen LogP contribution in [-0.4, -0.2) is 31.6 Å². The highest BCUT2D eigenvalue weighted by atomic mass is 16.5. The van der Waals surface area contributed by atoms with Crippen LogP contribution in [0.25, 0.3) is 0 Å². The van der Waals surface area contributed by atoms with Gasteiger partial charge in [0.25, 0.3) is 5.91 Å². The van der Waals surface area contributed by atoms with Crippen molar-refractivity contribution in [1.29, 1.82) is 0 Å². The fourth-order valence-electron chi connectivity index (χ4n) is 2.35. The molecule has 140 valence electrons. The van der Waals surface area contributed by atoms with E-state index in [1.165, 1.54) is 0 Å². The normalized spacial score (nSPS) is 9.81. The molecule has 0 unspecified atom stereocenters. The summed E-state index contributed by atoms with van der Waals surface area (Å²) in [5, 5.41) is 5.27. The number of anilines is 1. The fraction of sp³-hybridized carbons (Fsp3) is 0.238. The molecule has 0 bridgehead atoms. The maximum atomic E-state index is 12.3. The first-order valence-corrected chi connectivity index (χ1v) is 8.61. The zero-order valence-corrected chi connectivity index (χ0v) is 15.4. The number of carbonyl (C=O) groups excluding carboxylic acids is 2. The number of hydrogen-bond acceptors (Lipinski definition) is 4. The molecular weight excluding hydrogens is 344 g/mol. The number of rotatable bonds is 8. The van der Waals surface area contributed by atoms with Gasteiger partial charge in [0.2, 0.25) is 5.91 Å². The van der Waals surface area contributed by atoms with Crippen molar-refractivity contribution in [3.63, 3.8) is 0 Å². The van der Waals surface area contributed by atoms with Crippen LogP contribution in [0.4, 0.5) is 5.69 Å². The maximum Gasteiger partial charge on any atom is 0.251 e. The molecule has 2 rings (SSSR count). The average molecular weight is 366 g/mol. The number of nitrogens with one attached hydrogen (secondary N) is 2. The van der Waals surface area contributed by atoms with Gasteiger partial charge < -0.3 is 20.1 Å². The Labute approximate surface area is 158 Å². The van der Waals surface area contributed by atoms with E-state index in [2.05, 4.69) is 16.6 Å². The van der Waals surface area contributed by atoms with E-state index >= 15 is 0 Å². The first-order chi connectivity index (χ1) is 13.1. The predicted molar refractivity (Wildman–Crippen MR) is 104 cm³/mol. The Morgan fingerprint density at radius 1 is 1.04 bits per heavy atom. The topological polar surface area (TPSA) is 76.7 Å². The molecule has 0 aromatic heterocycles. The highest BCUT2D eigenvalue weighted by molar-refractivity contribution is 5.99. The molecule has 2 amide bonds. The van der Waals surface area contributed by atoms with Crippen molar-refractivity contribution in [2.75, 3.05) is 25.1 Å². The van der Waals surface area contributed by atoms with Crippen molar-refractivity contribution in [1.82, 2.24) is 5.32 Å². The zero-order chi connectivity index (χ0) is 19.6. The third kappa shape index (κ3) is 5.79. The Kier molecular flexibility index (Phi) is 7.26. The maximum absolute atomic E-state index is 12.3. The fourth-order valence-corrected chi connectivity index (χ4v) is 2.35. The number of amides is 2. The summed E-state index contributed by atoms with van der Waals surface area (Å²) in [5.41, 5.74) is 1.61. The SMILES string of the molecule is C#Cc1cccc(NC(=O)CNC(=O)c2ccc(OCC)c(OCC)c2)c1. The van der Waals surface area contributed by atoms with Gasteiger partial charge in [0.05, 0.1) is 19.8 Å². The minimum atomic E-state index is -0.383. The minimum absolute atomic E-state index is 0.170. The Hall–Kier alpha value is -3.46. The third-order valence-corrected chi connectivity index (χ3v) is 3.53. The molecule has 0 fully saturated rings. The van der Waals surface area contributed by atoms with Crippen LogP contribution < -0.4 is 20.1 Å². The summed E-state index contributed by atoms with van der Waals surface area (Å²) >= 11 is 0. The van der Waals surface area contributed by atoms with Gasteiger partial charge in [0.15, 0.2) is 11.5 Å². The molecule has 2 N–H and O–H groups in total. The molecule has 0 saturated carbocycles. The second-order valence-electron chi connectivity index (χ2n) is 5.48. The van der Waals surface area contributed by atoms with Gasteiger partial charge in [0, 0.05) is 16.8 Å². The molecule has 27 heavy (non-hydrogen) atoms. The first kappa shape index (κ1) is 19.9. The molecule has 2 aromatic carbocycles. The number of hydrogen-bond donors (Lipinski definition) is 2. The highest BCUT2D eigenvalue weighted by Crippen LogP contribution is 2.28. The lowest BCUT2D eigenvalue weighted by molar-refractivity contribution is -0.115. The summed E-state index contributed by atoms with van der Waals surface area (Å²) in [5.74, 6) is 2.82. The minimum Gasteiger partial charge on any atom is -0.490 e. The molecule has 0 spiro atoms. The second-order valence-corrected chi connectivity index (χ2v) is 5.48. The summed E-state index contributed by atoms with van der Waals surface area (Å²) in [6.07, 6.45) is 5.34. The number of ether oxygens (including phenoxy) is 2. The molecule has 6 heteroatoms. The van der Waals surface area contributed by atoms with Crippen molar-refractivity contribution >= 4 is 17.5 Å². The van der Waals surface area contributed by atoms with Crippen molar-refractivity contribution in [2.24, 2.45) is 0 Å². The summed E-state index contributed by atoms with van der Waals surface area (Å²) in [6, 6.07) is 11.8. The van der Waals surface area contributed by atoms with Gasteiger partial charge in [0.1, 0.15) is 0 Å². The largest absolute Gasteiger partial charge is 0.490 e. The molecule has 0 aliphatic heterocycles. The number of benzene rings is 2. The van der Waals surface area contributed by atoms with Crippen LogP contribution in [0.1, 0.15) is 29.8 Å². The van der Waals surface area contributed by atoms with Crippen LogP contribution in [0, 0.1) is 12.3 Å². The van der Waals surface area contributed by atoms with Crippen LogP contribution in [0.3, 0.4) is 0 Å². The second kappa shape index (κ2) is 9.88. The van der Waals surface area contributed by atoms with Crippen LogP contribution in [0.15, 0.2) is 42.5 Å². The lowest BCUT2D eigenvalue weighted by atomic mass is 10.2. The van der Waals surface area contributed by atoms with Gasteiger partial charge in [-0.3, -0.25) is 9.59 Å². The van der Waals surface area contributed by atoms with Gasteiger partial charge in [-0.2, -0.15) is 0 Å². The molecule has 2 aromatic rings. The Bertz CT molecular complexity index is 856. The van der Waals surface area contributed by atoms with Gasteiger partial charge in [-0.1, -0.05) is 12.0 Å². The summed E-state index contributed by atoms with van der Waals surface area (Å²) in [6.45, 7) is 4.49. The van der Waals surface area contributed by atoms with E-state index in [4.69, 9.17) is 15.9 Å². The van der Waals surface area contributed by atoms with Crippen molar-refractivity contribution in [3.05, 3.63) is 53.6 Å². The molecule has 0 atom stereocenters. The summed E-state index contributed by atoms with van der Waals surface area (Å²) in [7, 11) is 0. The Morgan fingerprint density at radius 3 is 2.48 bits per heavy atom. The monoisotopic (exact) mass is 366 g/mol. The molecule has 0 radical (unpaired) electrons. The van der Waals surface area contributed by atoms with Crippen LogP contribution in [0.2, 0.25) is 0 Å². The third-order valence-electron chi connectivity index (χ3n) is 3.53. The van der Waals surface area contributed by atoms with E-state index < -0.39 is 0 Å². The van der Waals surface area contributed by atoms with Crippen LogP contribution in [0.5, 0.6) is 11.5 Å². The van der Waals surface area contributed by atoms with Gasteiger partial charge in [-0.05, 0) is 50.2 Å². The molecule has 6 nitrogen and oxygen atoms in total. The van der Waals surface area contributed by atoms with Crippen LogP contribution in [-0.2, 0) is 4.79 Å². The molecule has 0 aliphatic rings. The van der Waals surface area contributed by atoms with Crippen molar-refractivity contribution < 1.29 is 19.1 Å². The summed E-state index contributed by atoms with van der Waals surface area (Å²) in [4.78, 5) is 24.3. The Morgan fingerprint density at radius 2 is 1.78 bits per heavy atom. The van der Waals surface area contributed by atoms with Crippen LogP contribution >= 0.6 is 0 Å². The van der Waals surface area contributed by atoms with Gasteiger partial charge >= 0.3 is 0 Å². The van der Waals surface area contributed by atoms with E-state index in [0.29, 0.717) is 41.5 Å². The van der Waals surface area contributed by atoms with Crippen molar-refractivity contribution in [2.45, 2.75) is 13.8 Å². The molecule has 0 saturated heterocycles. The lowest BCUT2D eigenvalue weighted by Crippen LogP contribution is -2.32. The highest BCUT2D eigenvalue weighted by Gasteiger charge is 2.13. The number of carbonyl (C=O) groups is 2. The zero-order valence-electron chi connectivity index (χ0n) is 15.4. The van der Waals surface area contributed by atoms with E-state index in [-0.39, 0.29) is 18.4 Å². The predicted octanol–water partition coefficient (Wildman–Crippen LogP) is 2.83. The quantitative estimate of drug-likeness (QED) is 0.705. The van der Waals surface area contributed by atoms with E-state index in [9.17, 15) is 9.59 Å². The smallest absolute Gasteiger partial charge is 0.251 e. The standard InChI is InChI=1S/C21H22N2O4/c1-4-15-8-7-9-17(12-15)23-20(24)14-22-21(25)16-10-11-18(26-5-2)19(13-16)27-6-3/h1,7-13H,5-6,14H2,2-3H3,(H,22,25)(H,23,24).